The Bertz CT molecular complexity index is 703. The molecule has 0 N–H and O–H groups in total. The molecule has 2 rings (SSSR count). The average Bonchev–Trinajstić information content (AvgIpc) is 3.12. The van der Waals surface area contributed by atoms with E-state index >= 15 is 0 Å². The van der Waals surface area contributed by atoms with Crippen molar-refractivity contribution < 1.29 is 0 Å². The van der Waals surface area contributed by atoms with Gasteiger partial charge >= 0.3 is 0 Å². The zero-order valence-electron chi connectivity index (χ0n) is 13.5. The third-order valence-electron chi connectivity index (χ3n) is 3.11. The van der Waals surface area contributed by atoms with E-state index in [4.69, 9.17) is 5.10 Å². The summed E-state index contributed by atoms with van der Waals surface area (Å²) in [5.74, 6) is 0. The summed E-state index contributed by atoms with van der Waals surface area (Å²) in [6, 6.07) is 4.20. The molecule has 0 aliphatic heterocycles. The first kappa shape index (κ1) is 16.9. The van der Waals surface area contributed by atoms with Gasteiger partial charge in [0.2, 0.25) is 4.80 Å². The van der Waals surface area contributed by atoms with E-state index < -0.39 is 0 Å². The lowest BCUT2D eigenvalue weighted by Crippen LogP contribution is -2.14. The second-order valence-corrected chi connectivity index (χ2v) is 7.19. The molecule has 0 unspecified atom stereocenters. The fourth-order valence-electron chi connectivity index (χ4n) is 1.95. The van der Waals surface area contributed by atoms with Crippen molar-refractivity contribution in [2.24, 2.45) is 10.1 Å². The van der Waals surface area contributed by atoms with E-state index in [0.29, 0.717) is 6.54 Å². The summed E-state index contributed by atoms with van der Waals surface area (Å²) in [4.78, 5) is 6.80. The van der Waals surface area contributed by atoms with Gasteiger partial charge in [-0.25, -0.2) is 4.68 Å². The molecule has 2 aromatic heterocycles. The maximum absolute atomic E-state index is 4.82. The number of nitrogens with zero attached hydrogens (tertiary/aromatic N) is 3. The molecular formula is C17H23N3S2. The fraction of sp³-hybridized carbons (Fsp3) is 0.412. The van der Waals surface area contributed by atoms with Gasteiger partial charge in [0.15, 0.2) is 0 Å². The van der Waals surface area contributed by atoms with Crippen molar-refractivity contribution in [3.05, 3.63) is 39.8 Å². The quantitative estimate of drug-likeness (QED) is 0.494. The summed E-state index contributed by atoms with van der Waals surface area (Å²) < 4.78 is 1.99. The zero-order valence-corrected chi connectivity index (χ0v) is 15.1. The maximum Gasteiger partial charge on any atom is 0.206 e. The lowest BCUT2D eigenvalue weighted by atomic mass is 10.2. The van der Waals surface area contributed by atoms with Gasteiger partial charge in [0.25, 0.3) is 0 Å². The van der Waals surface area contributed by atoms with Gasteiger partial charge in [-0.1, -0.05) is 31.6 Å². The van der Waals surface area contributed by atoms with Gasteiger partial charge in [0.05, 0.1) is 17.1 Å². The number of rotatable bonds is 7. The minimum Gasteiger partial charge on any atom is -0.253 e. The van der Waals surface area contributed by atoms with Crippen molar-refractivity contribution in [2.75, 3.05) is 6.54 Å². The third-order valence-corrected chi connectivity index (χ3v) is 4.85. The molecule has 0 aromatic carbocycles. The molecule has 2 heterocycles. The summed E-state index contributed by atoms with van der Waals surface area (Å²) in [7, 11) is 0. The highest BCUT2D eigenvalue weighted by atomic mass is 32.1. The summed E-state index contributed by atoms with van der Waals surface area (Å²) in [6.45, 7) is 10.9. The summed E-state index contributed by atoms with van der Waals surface area (Å²) >= 11 is 3.37. The summed E-state index contributed by atoms with van der Waals surface area (Å²) in [5, 5.41) is 9.05. The first-order chi connectivity index (χ1) is 10.6. The minimum atomic E-state index is 0.647. The number of hydrogen-bond donors (Lipinski definition) is 0. The molecule has 118 valence electrons. The highest BCUT2D eigenvalue weighted by Crippen LogP contribution is 2.25. The summed E-state index contributed by atoms with van der Waals surface area (Å²) in [6.07, 6.45) is 3.39. The monoisotopic (exact) mass is 333 g/mol. The van der Waals surface area contributed by atoms with Gasteiger partial charge in [0.1, 0.15) is 0 Å². The number of unbranched alkanes of at least 4 members (excludes halogenated alkanes) is 1. The molecular weight excluding hydrogens is 310 g/mol. The molecule has 22 heavy (non-hydrogen) atoms. The highest BCUT2D eigenvalue weighted by Gasteiger charge is 2.08. The lowest BCUT2D eigenvalue weighted by molar-refractivity contribution is 0.794. The van der Waals surface area contributed by atoms with Crippen LogP contribution in [0.15, 0.2) is 45.1 Å². The van der Waals surface area contributed by atoms with E-state index in [2.05, 4.69) is 48.3 Å². The molecule has 0 spiro atoms. The van der Waals surface area contributed by atoms with Crippen LogP contribution in [0.4, 0.5) is 0 Å². The van der Waals surface area contributed by atoms with Crippen molar-refractivity contribution in [1.82, 2.24) is 4.68 Å². The van der Waals surface area contributed by atoms with Crippen molar-refractivity contribution in [3.8, 4) is 10.6 Å². The van der Waals surface area contributed by atoms with E-state index in [1.165, 1.54) is 17.7 Å². The Hall–Kier alpha value is -1.46. The second-order valence-electron chi connectivity index (χ2n) is 5.40. The van der Waals surface area contributed by atoms with E-state index in [9.17, 15) is 0 Å². The number of hydrogen-bond acceptors (Lipinski definition) is 4. The average molecular weight is 334 g/mol. The van der Waals surface area contributed by atoms with Crippen LogP contribution in [0, 0.1) is 0 Å². The molecule has 0 atom stereocenters. The van der Waals surface area contributed by atoms with Crippen molar-refractivity contribution in [2.45, 2.75) is 40.0 Å². The van der Waals surface area contributed by atoms with Crippen LogP contribution >= 0.6 is 22.7 Å². The topological polar surface area (TPSA) is 29.6 Å². The Morgan fingerprint density at radius 3 is 2.77 bits per heavy atom. The van der Waals surface area contributed by atoms with Crippen molar-refractivity contribution in [1.29, 1.82) is 0 Å². The number of thiazole rings is 1. The van der Waals surface area contributed by atoms with Crippen LogP contribution < -0.4 is 4.80 Å². The van der Waals surface area contributed by atoms with Crippen LogP contribution in [0.3, 0.4) is 0 Å². The molecule has 0 fully saturated rings. The summed E-state index contributed by atoms with van der Waals surface area (Å²) in [5.41, 5.74) is 3.33. The van der Waals surface area contributed by atoms with Crippen LogP contribution in [-0.4, -0.2) is 16.9 Å². The van der Waals surface area contributed by atoms with Gasteiger partial charge in [-0.05, 0) is 38.1 Å². The normalized spacial score (nSPS) is 12.9. The van der Waals surface area contributed by atoms with Gasteiger partial charge in [-0.15, -0.1) is 22.7 Å². The van der Waals surface area contributed by atoms with Crippen LogP contribution in [0.2, 0.25) is 0 Å². The predicted octanol–water partition coefficient (Wildman–Crippen LogP) is 5.17. The van der Waals surface area contributed by atoms with E-state index in [0.717, 1.165) is 28.2 Å². The molecule has 0 radical (unpaired) electrons. The van der Waals surface area contributed by atoms with Crippen LogP contribution in [-0.2, 0) is 0 Å². The molecule has 0 aliphatic rings. The molecule has 2 aromatic rings. The molecule has 0 amide bonds. The van der Waals surface area contributed by atoms with Crippen molar-refractivity contribution in [3.63, 3.8) is 0 Å². The molecule has 5 heteroatoms. The van der Waals surface area contributed by atoms with Gasteiger partial charge < -0.3 is 0 Å². The molecule has 0 saturated carbocycles. The smallest absolute Gasteiger partial charge is 0.206 e. The first-order valence-electron chi connectivity index (χ1n) is 7.55. The van der Waals surface area contributed by atoms with Crippen LogP contribution in [0.1, 0.15) is 40.0 Å². The second kappa shape index (κ2) is 8.25. The molecule has 0 saturated heterocycles. The van der Waals surface area contributed by atoms with Gasteiger partial charge in [0, 0.05) is 11.1 Å². The lowest BCUT2D eigenvalue weighted by Gasteiger charge is -2.04. The molecule has 0 aliphatic carbocycles. The third kappa shape index (κ3) is 4.52. The Morgan fingerprint density at radius 2 is 2.14 bits per heavy atom. The van der Waals surface area contributed by atoms with E-state index in [-0.39, 0.29) is 0 Å². The largest absolute Gasteiger partial charge is 0.253 e. The predicted molar refractivity (Wildman–Crippen MR) is 98.9 cm³/mol. The van der Waals surface area contributed by atoms with Gasteiger partial charge in [-0.3, -0.25) is 4.99 Å². The van der Waals surface area contributed by atoms with Crippen LogP contribution in [0.5, 0.6) is 0 Å². The standard InChI is InChI=1S/C17H23N3S2/c1-5-6-8-14(4)19-20-15(16-9-7-10-21-16)12-22-17(20)18-11-13(2)3/h7,9-10,12H,2,5-6,8,11H2,1,3-4H3. The fourth-order valence-corrected chi connectivity index (χ4v) is 3.58. The van der Waals surface area contributed by atoms with Crippen LogP contribution in [0.25, 0.3) is 10.6 Å². The van der Waals surface area contributed by atoms with Crippen molar-refractivity contribution >= 4 is 28.4 Å². The Morgan fingerprint density at radius 1 is 1.32 bits per heavy atom. The first-order valence-corrected chi connectivity index (χ1v) is 9.31. The van der Waals surface area contributed by atoms with Gasteiger partial charge in [-0.2, -0.15) is 5.10 Å². The Balaban J connectivity index is 2.44. The zero-order chi connectivity index (χ0) is 15.9. The number of thiophene rings is 1. The molecule has 0 bridgehead atoms. The molecule has 3 nitrogen and oxygen atoms in total. The maximum atomic E-state index is 4.82. The minimum absolute atomic E-state index is 0.647. The SMILES string of the molecule is C=C(C)CN=c1scc(-c2cccs2)n1N=C(C)CCCC. The Kier molecular flexibility index (Phi) is 6.34. The Labute approximate surface area is 140 Å². The number of aromatic nitrogens is 1. The van der Waals surface area contributed by atoms with E-state index in [1.807, 2.05) is 11.6 Å². The highest BCUT2D eigenvalue weighted by molar-refractivity contribution is 7.14. The van der Waals surface area contributed by atoms with E-state index in [1.54, 1.807) is 22.7 Å².